The molecule has 4 rings (SSSR count). The smallest absolute Gasteiger partial charge is 0.305 e. The van der Waals surface area contributed by atoms with Crippen LogP contribution in [0.5, 0.6) is 0 Å². The van der Waals surface area contributed by atoms with Gasteiger partial charge in [-0.3, -0.25) is 4.79 Å². The van der Waals surface area contributed by atoms with E-state index >= 15 is 0 Å². The fraction of sp³-hybridized carbons (Fsp3) is 0.840. The molecule has 0 bridgehead atoms. The summed E-state index contributed by atoms with van der Waals surface area (Å²) in [6.07, 6.45) is 6.97. The first-order valence-electron chi connectivity index (χ1n) is 12.4. The second-order valence-electron chi connectivity index (χ2n) is 11.4. The third kappa shape index (κ3) is 3.64. The van der Waals surface area contributed by atoms with Crippen LogP contribution in [0.4, 0.5) is 0 Å². The largest absolute Gasteiger partial charge is 0.469 e. The molecule has 0 aromatic carbocycles. The van der Waals surface area contributed by atoms with E-state index in [1.54, 1.807) is 0 Å². The number of ether oxygens (including phenoxy) is 1. The maximum absolute atomic E-state index is 11.7. The molecule has 184 valence electrons. The van der Waals surface area contributed by atoms with Gasteiger partial charge in [0.25, 0.3) is 0 Å². The first-order valence-corrected chi connectivity index (χ1v) is 12.4. The lowest BCUT2D eigenvalue weighted by Crippen LogP contribution is -2.60. The molecule has 8 heteroatoms. The Morgan fingerprint density at radius 2 is 1.85 bits per heavy atom. The predicted molar refractivity (Wildman–Crippen MR) is 124 cm³/mol. The van der Waals surface area contributed by atoms with Crippen LogP contribution in [0.25, 0.3) is 0 Å². The predicted octanol–water partition coefficient (Wildman–Crippen LogP) is 4.95. The maximum atomic E-state index is 11.7. The minimum Gasteiger partial charge on any atom is -0.469 e. The van der Waals surface area contributed by atoms with Crippen LogP contribution in [0.1, 0.15) is 78.6 Å². The average molecular weight is 462 g/mol. The molecular weight excluding hydrogens is 422 g/mol. The molecule has 8 nitrogen and oxygen atoms in total. The summed E-state index contributed by atoms with van der Waals surface area (Å²) in [6, 6.07) is 0. The van der Waals surface area contributed by atoms with E-state index in [4.69, 9.17) is 4.74 Å². The Labute approximate surface area is 196 Å². The number of carbonyl (C=O) groups excluding carboxylic acids is 1. The first-order chi connectivity index (χ1) is 15.7. The Balaban J connectivity index is 1.67. The highest BCUT2D eigenvalue weighted by Crippen LogP contribution is 2.66. The Bertz CT molecular complexity index is 870. The standard InChI is InChI=1S/C25H39N3O5/c1-14(5-8-22(29)33-4)17-6-7-18-23-19(13-21(28-32)25(17,18)3)24(2)10-9-16(26-30)11-15(24)12-20(23)27-31/h14-15,17-19,23,30-32H,5-13H2,1-4H3/b26-16-,27-20+,28-21-/t14-,15+,17?,18+,19+,23+,24+,25-/m1/s1. The Morgan fingerprint density at radius 1 is 1.09 bits per heavy atom. The Morgan fingerprint density at radius 3 is 2.48 bits per heavy atom. The van der Waals surface area contributed by atoms with Gasteiger partial charge in [-0.15, -0.1) is 0 Å². The molecule has 0 heterocycles. The fourth-order valence-corrected chi connectivity index (χ4v) is 8.45. The zero-order valence-corrected chi connectivity index (χ0v) is 20.3. The fourth-order valence-electron chi connectivity index (χ4n) is 8.45. The molecule has 0 saturated heterocycles. The number of fused-ring (bicyclic) bond motifs is 5. The van der Waals surface area contributed by atoms with Crippen molar-refractivity contribution >= 4 is 23.1 Å². The summed E-state index contributed by atoms with van der Waals surface area (Å²) < 4.78 is 4.84. The van der Waals surface area contributed by atoms with Gasteiger partial charge in [0.1, 0.15) is 0 Å². The third-order valence-corrected chi connectivity index (χ3v) is 10.4. The van der Waals surface area contributed by atoms with Gasteiger partial charge < -0.3 is 20.4 Å². The number of hydrogen-bond donors (Lipinski definition) is 3. The average Bonchev–Trinajstić information content (AvgIpc) is 3.18. The summed E-state index contributed by atoms with van der Waals surface area (Å²) in [5.41, 5.74) is 2.26. The van der Waals surface area contributed by atoms with Gasteiger partial charge in [-0.25, -0.2) is 0 Å². The van der Waals surface area contributed by atoms with Crippen molar-refractivity contribution in [3.63, 3.8) is 0 Å². The van der Waals surface area contributed by atoms with E-state index in [0.717, 1.165) is 55.7 Å². The van der Waals surface area contributed by atoms with E-state index in [9.17, 15) is 20.4 Å². The van der Waals surface area contributed by atoms with Crippen molar-refractivity contribution in [2.24, 2.45) is 61.8 Å². The molecule has 0 aromatic rings. The van der Waals surface area contributed by atoms with Crippen molar-refractivity contribution in [1.82, 2.24) is 0 Å². The summed E-state index contributed by atoms with van der Waals surface area (Å²) >= 11 is 0. The number of oxime groups is 3. The van der Waals surface area contributed by atoms with Gasteiger partial charge in [0, 0.05) is 17.8 Å². The van der Waals surface area contributed by atoms with Crippen LogP contribution in [0.3, 0.4) is 0 Å². The number of rotatable bonds is 4. The lowest BCUT2D eigenvalue weighted by molar-refractivity contribution is -0.141. The van der Waals surface area contributed by atoms with Crippen molar-refractivity contribution in [2.45, 2.75) is 78.6 Å². The topological polar surface area (TPSA) is 124 Å². The monoisotopic (exact) mass is 461 g/mol. The third-order valence-electron chi connectivity index (χ3n) is 10.4. The molecule has 0 aliphatic heterocycles. The molecule has 0 aromatic heterocycles. The van der Waals surface area contributed by atoms with Crippen LogP contribution >= 0.6 is 0 Å². The van der Waals surface area contributed by atoms with Gasteiger partial charge >= 0.3 is 5.97 Å². The van der Waals surface area contributed by atoms with E-state index in [2.05, 4.69) is 36.2 Å². The van der Waals surface area contributed by atoms with Crippen LogP contribution < -0.4 is 0 Å². The summed E-state index contributed by atoms with van der Waals surface area (Å²) in [7, 11) is 1.42. The summed E-state index contributed by atoms with van der Waals surface area (Å²) in [4.78, 5) is 11.7. The normalized spacial score (nSPS) is 44.8. The molecule has 4 aliphatic carbocycles. The SMILES string of the molecule is COC(=O)CC[C@@H](C)C1CC[C@H]2[C@@H]3/C(=N/O)C[C@@H]4C/C(=N\O)CC[C@]4(C)[C@H]3C/C(=N/O)[C@]12C. The van der Waals surface area contributed by atoms with Crippen molar-refractivity contribution in [1.29, 1.82) is 0 Å². The summed E-state index contributed by atoms with van der Waals surface area (Å²) in [5.74, 6) is 1.27. The molecule has 4 saturated carbocycles. The van der Waals surface area contributed by atoms with E-state index in [-0.39, 0.29) is 46.4 Å². The number of hydrogen-bond acceptors (Lipinski definition) is 8. The lowest BCUT2D eigenvalue weighted by Gasteiger charge is -2.60. The van der Waals surface area contributed by atoms with Gasteiger partial charge in [0.2, 0.25) is 0 Å². The van der Waals surface area contributed by atoms with Gasteiger partial charge in [0.15, 0.2) is 0 Å². The highest BCUT2D eigenvalue weighted by atomic mass is 16.5. The van der Waals surface area contributed by atoms with Crippen molar-refractivity contribution in [3.8, 4) is 0 Å². The number of carbonyl (C=O) groups is 1. The van der Waals surface area contributed by atoms with Crippen LogP contribution in [-0.2, 0) is 9.53 Å². The van der Waals surface area contributed by atoms with Crippen LogP contribution in [0.2, 0.25) is 0 Å². The maximum Gasteiger partial charge on any atom is 0.305 e. The van der Waals surface area contributed by atoms with Crippen molar-refractivity contribution in [2.75, 3.05) is 7.11 Å². The highest BCUT2D eigenvalue weighted by molar-refractivity contribution is 5.97. The van der Waals surface area contributed by atoms with E-state index < -0.39 is 0 Å². The van der Waals surface area contributed by atoms with Gasteiger partial charge in [-0.1, -0.05) is 36.2 Å². The highest BCUT2D eigenvalue weighted by Gasteiger charge is 2.65. The Hall–Kier alpha value is -2.12. The quantitative estimate of drug-likeness (QED) is 0.311. The molecule has 0 amide bonds. The van der Waals surface area contributed by atoms with Gasteiger partial charge in [0.05, 0.1) is 24.2 Å². The number of methoxy groups -OCH3 is 1. The van der Waals surface area contributed by atoms with Crippen LogP contribution in [-0.4, -0.2) is 45.8 Å². The zero-order chi connectivity index (χ0) is 24.0. The molecule has 3 N–H and O–H groups in total. The molecule has 0 spiro atoms. The molecule has 1 unspecified atom stereocenters. The second-order valence-corrected chi connectivity index (χ2v) is 11.4. The molecule has 0 radical (unpaired) electrons. The Kier molecular flexibility index (Phi) is 6.49. The van der Waals surface area contributed by atoms with Crippen LogP contribution in [0.15, 0.2) is 15.5 Å². The number of nitrogens with zero attached hydrogens (tertiary/aromatic N) is 3. The van der Waals surface area contributed by atoms with Crippen molar-refractivity contribution < 1.29 is 25.2 Å². The number of esters is 1. The minimum absolute atomic E-state index is 0.0128. The molecular formula is C25H39N3O5. The van der Waals surface area contributed by atoms with E-state index in [0.29, 0.717) is 25.2 Å². The summed E-state index contributed by atoms with van der Waals surface area (Å²) in [5, 5.41) is 40.9. The first kappa shape index (κ1) is 24.0. The van der Waals surface area contributed by atoms with Gasteiger partial charge in [-0.2, -0.15) is 0 Å². The zero-order valence-electron chi connectivity index (χ0n) is 20.3. The minimum atomic E-state index is -0.295. The molecule has 4 aliphatic rings. The van der Waals surface area contributed by atoms with Crippen LogP contribution in [0, 0.1) is 46.3 Å². The van der Waals surface area contributed by atoms with Gasteiger partial charge in [-0.05, 0) is 86.4 Å². The molecule has 4 fully saturated rings. The van der Waals surface area contributed by atoms with E-state index in [1.165, 1.54) is 7.11 Å². The summed E-state index contributed by atoms with van der Waals surface area (Å²) in [6.45, 7) is 6.76. The second kappa shape index (κ2) is 8.91. The van der Waals surface area contributed by atoms with E-state index in [1.807, 2.05) is 0 Å². The van der Waals surface area contributed by atoms with Crippen molar-refractivity contribution in [3.05, 3.63) is 0 Å². The molecule has 33 heavy (non-hydrogen) atoms. The lowest BCUT2D eigenvalue weighted by atomic mass is 9.43. The molecule has 8 atom stereocenters.